The molecule has 5 N–H and O–H groups in total. The van der Waals surface area contributed by atoms with Crippen molar-refractivity contribution < 1.29 is 38.9 Å². The number of benzene rings is 1. The van der Waals surface area contributed by atoms with E-state index in [1.165, 1.54) is 32.1 Å². The normalized spacial score (nSPS) is 12.8. The molecule has 0 saturated heterocycles. The number of unbranched alkanes of at least 4 members (excludes halogenated alkanes) is 6. The number of ether oxygens (including phenoxy) is 2. The Morgan fingerprint density at radius 3 is 2.00 bits per heavy atom. The minimum absolute atomic E-state index is 0.0142. The van der Waals surface area contributed by atoms with Gasteiger partial charge in [0.05, 0.1) is 0 Å². The molecule has 0 fully saturated rings. The Labute approximate surface area is 232 Å². The minimum atomic E-state index is -1.20. The van der Waals surface area contributed by atoms with Crippen LogP contribution in [-0.2, 0) is 35.3 Å². The van der Waals surface area contributed by atoms with E-state index in [2.05, 4.69) is 6.92 Å². The first-order valence-electron chi connectivity index (χ1n) is 13.9. The number of carboxylic acids is 2. The first-order valence-corrected chi connectivity index (χ1v) is 13.9. The van der Waals surface area contributed by atoms with Gasteiger partial charge in [0, 0.05) is 12.4 Å². The average molecular weight is 552 g/mol. The zero-order valence-corrected chi connectivity index (χ0v) is 23.5. The Bertz CT molecular complexity index is 819. The molecule has 0 amide bonds. The highest BCUT2D eigenvalue weighted by atomic mass is 16.5. The molecule has 10 heteroatoms. The lowest BCUT2D eigenvalue weighted by molar-refractivity contribution is -0.305. The molecule has 10 nitrogen and oxygen atoms in total. The van der Waals surface area contributed by atoms with Gasteiger partial charge in [0.15, 0.2) is 0 Å². The van der Waals surface area contributed by atoms with E-state index in [1.54, 1.807) is 0 Å². The fraction of sp³-hybridized carbons (Fsp3) is 0.655. The summed E-state index contributed by atoms with van der Waals surface area (Å²) >= 11 is 0. The fourth-order valence-electron chi connectivity index (χ4n) is 3.53. The molecular weight excluding hydrogens is 504 g/mol. The predicted octanol–water partition coefficient (Wildman–Crippen LogP) is 3.23. The Kier molecular flexibility index (Phi) is 21.2. The number of aliphatic carboxylic acids is 2. The van der Waals surface area contributed by atoms with Crippen molar-refractivity contribution in [2.45, 2.75) is 122 Å². The maximum Gasteiger partial charge on any atom is 0.323 e. The molecule has 0 bridgehead atoms. The van der Waals surface area contributed by atoms with Gasteiger partial charge >= 0.3 is 17.9 Å². The topological polar surface area (TPSA) is 182 Å². The summed E-state index contributed by atoms with van der Waals surface area (Å²) in [6.45, 7) is 4.38. The summed E-state index contributed by atoms with van der Waals surface area (Å²) < 4.78 is 10.3. The summed E-state index contributed by atoms with van der Waals surface area (Å²) in [6.07, 6.45) is 10.0. The molecule has 0 saturated carbocycles. The number of hydrogen-bond acceptors (Lipinski definition) is 9. The first kappa shape index (κ1) is 36.0. The van der Waals surface area contributed by atoms with Gasteiger partial charge in [-0.05, 0) is 44.1 Å². The molecule has 1 aromatic carbocycles. The molecule has 0 aromatic heterocycles. The maximum absolute atomic E-state index is 11.8. The number of nitrogens with two attached hydrogens (primary N) is 2. The Morgan fingerprint density at radius 1 is 0.846 bits per heavy atom. The van der Waals surface area contributed by atoms with Crippen LogP contribution in [0.4, 0.5) is 0 Å². The zero-order valence-electron chi connectivity index (χ0n) is 23.5. The number of rotatable bonds is 20. The second-order valence-electron chi connectivity index (χ2n) is 9.52. The third-order valence-corrected chi connectivity index (χ3v) is 6.05. The van der Waals surface area contributed by atoms with Crippen molar-refractivity contribution >= 4 is 23.9 Å². The molecule has 222 valence electrons. The molecule has 39 heavy (non-hydrogen) atoms. The van der Waals surface area contributed by atoms with Gasteiger partial charge in [0.2, 0.25) is 0 Å². The number of hydrogen-bond donors (Lipinski definition) is 3. The zero-order chi connectivity index (χ0) is 29.5. The van der Waals surface area contributed by atoms with Crippen LogP contribution >= 0.6 is 0 Å². The second-order valence-corrected chi connectivity index (χ2v) is 9.52. The molecule has 0 aliphatic carbocycles. The van der Waals surface area contributed by atoms with Gasteiger partial charge in [-0.3, -0.25) is 14.4 Å². The highest BCUT2D eigenvalue weighted by molar-refractivity contribution is 5.76. The van der Waals surface area contributed by atoms with E-state index < -0.39 is 36.0 Å². The fourth-order valence-corrected chi connectivity index (χ4v) is 3.53. The Morgan fingerprint density at radius 2 is 1.44 bits per heavy atom. The minimum Gasteiger partial charge on any atom is -0.550 e. The third-order valence-electron chi connectivity index (χ3n) is 6.05. The van der Waals surface area contributed by atoms with Crippen molar-refractivity contribution in [3.05, 3.63) is 35.9 Å². The highest BCUT2D eigenvalue weighted by Crippen LogP contribution is 2.14. The summed E-state index contributed by atoms with van der Waals surface area (Å²) in [7, 11) is 0. The Balaban J connectivity index is 0.000000763. The second kappa shape index (κ2) is 23.0. The van der Waals surface area contributed by atoms with Crippen LogP contribution in [0.3, 0.4) is 0 Å². The van der Waals surface area contributed by atoms with Gasteiger partial charge in [-0.15, -0.1) is 0 Å². The van der Waals surface area contributed by atoms with E-state index in [1.807, 2.05) is 37.3 Å². The number of carbonyl (C=O) groups is 4. The van der Waals surface area contributed by atoms with Crippen LogP contribution in [0.15, 0.2) is 30.3 Å². The van der Waals surface area contributed by atoms with Gasteiger partial charge in [0.25, 0.3) is 0 Å². The molecule has 0 aliphatic heterocycles. The van der Waals surface area contributed by atoms with Crippen molar-refractivity contribution in [2.75, 3.05) is 0 Å². The van der Waals surface area contributed by atoms with Gasteiger partial charge in [-0.1, -0.05) is 82.7 Å². The van der Waals surface area contributed by atoms with Crippen LogP contribution in [0.2, 0.25) is 0 Å². The number of carbonyl (C=O) groups excluding carboxylic acids is 3. The lowest BCUT2D eigenvalue weighted by Gasteiger charge is -2.19. The van der Waals surface area contributed by atoms with Gasteiger partial charge in [0.1, 0.15) is 24.8 Å². The van der Waals surface area contributed by atoms with E-state index in [0.717, 1.165) is 31.2 Å². The highest BCUT2D eigenvalue weighted by Gasteiger charge is 2.19. The van der Waals surface area contributed by atoms with Crippen molar-refractivity contribution in [1.29, 1.82) is 0 Å². The standard InChI is InChI=1S/C17H33NO4.C12H15NO4/c1-3-5-6-7-8-9-10-11-14(4-2)22-17(21)15(18)12-13-16(19)20;13-10(12(15)16)6-7-11(14)17-8-9-4-2-1-3-5-9/h14-15H,3-13,18H2,1-2H3,(H,19,20);1-5,10H,6-8,13H2,(H,15,16)/p-1/t14?,15-;10-/m00/s1. The molecule has 3 atom stereocenters. The van der Waals surface area contributed by atoms with E-state index in [9.17, 15) is 24.3 Å². The SMILES string of the molecule is CCCCCCCCCC(CC)OC(=O)[C@@H](N)CCC(=O)[O-].N[C@@H](CCC(=O)OCc1ccccc1)C(=O)O. The summed E-state index contributed by atoms with van der Waals surface area (Å²) in [4.78, 5) is 43.8. The smallest absolute Gasteiger partial charge is 0.323 e. The van der Waals surface area contributed by atoms with Crippen LogP contribution < -0.4 is 16.6 Å². The Hall–Kier alpha value is -2.98. The van der Waals surface area contributed by atoms with Crippen molar-refractivity contribution in [1.82, 2.24) is 0 Å². The van der Waals surface area contributed by atoms with E-state index >= 15 is 0 Å². The van der Waals surface area contributed by atoms with E-state index in [0.29, 0.717) is 0 Å². The summed E-state index contributed by atoms with van der Waals surface area (Å²) in [6, 6.07) is 7.37. The van der Waals surface area contributed by atoms with Crippen LogP contribution in [-0.4, -0.2) is 47.2 Å². The molecule has 0 radical (unpaired) electrons. The van der Waals surface area contributed by atoms with E-state index in [4.69, 9.17) is 26.0 Å². The van der Waals surface area contributed by atoms with Gasteiger partial charge in [-0.2, -0.15) is 0 Å². The van der Waals surface area contributed by atoms with Crippen LogP contribution in [0.1, 0.15) is 103 Å². The van der Waals surface area contributed by atoms with Crippen molar-refractivity contribution in [3.63, 3.8) is 0 Å². The quantitative estimate of drug-likeness (QED) is 0.161. The number of carboxylic acid groups (broad SMARTS) is 2. The van der Waals surface area contributed by atoms with Crippen LogP contribution in [0.25, 0.3) is 0 Å². The molecule has 0 spiro atoms. The lowest BCUT2D eigenvalue weighted by Crippen LogP contribution is -2.36. The largest absolute Gasteiger partial charge is 0.550 e. The number of esters is 2. The maximum atomic E-state index is 11.8. The molecule has 1 aromatic rings. The predicted molar refractivity (Wildman–Crippen MR) is 146 cm³/mol. The van der Waals surface area contributed by atoms with Gasteiger partial charge in [-0.25, -0.2) is 0 Å². The summed E-state index contributed by atoms with van der Waals surface area (Å²) in [5, 5.41) is 18.9. The van der Waals surface area contributed by atoms with Crippen molar-refractivity contribution in [3.8, 4) is 0 Å². The van der Waals surface area contributed by atoms with Crippen LogP contribution in [0, 0.1) is 0 Å². The molecule has 0 aliphatic rings. The van der Waals surface area contributed by atoms with Crippen LogP contribution in [0.5, 0.6) is 0 Å². The molecule has 0 heterocycles. The summed E-state index contributed by atoms with van der Waals surface area (Å²) in [5.41, 5.74) is 11.8. The average Bonchev–Trinajstić information content (AvgIpc) is 2.92. The molecule has 1 rings (SSSR count). The third kappa shape index (κ3) is 20.6. The first-order chi connectivity index (χ1) is 18.6. The van der Waals surface area contributed by atoms with Crippen molar-refractivity contribution in [2.24, 2.45) is 11.5 Å². The lowest BCUT2D eigenvalue weighted by atomic mass is 10.0. The monoisotopic (exact) mass is 551 g/mol. The van der Waals surface area contributed by atoms with Gasteiger partial charge < -0.3 is 35.9 Å². The molecular formula is C29H47N2O8-. The summed E-state index contributed by atoms with van der Waals surface area (Å²) in [5.74, 6) is -3.25. The molecule has 1 unspecified atom stereocenters. The van der Waals surface area contributed by atoms with E-state index in [-0.39, 0.29) is 38.4 Å².